The van der Waals surface area contributed by atoms with Crippen LogP contribution in [0, 0.1) is 11.8 Å². The summed E-state index contributed by atoms with van der Waals surface area (Å²) in [6.07, 6.45) is 9.81. The Balaban J connectivity index is 1.57. The molecule has 0 aromatic carbocycles. The standard InChI is InChI=1S/C50H78N2O16/c1-31-17-13-11-9-7-5-3-4-6-8-10-12-14-20-37(67-49-47(62)46(51)42(60)30-65-49)27-43-45(48(63)52-33-18-15-16-19-33)41(59)29-50(64,68-43)28-36(55)25-40(58)38(56)22-21-34(53)24-35(54)26-44(61)66-32(2)23-39(31)57/h3-14,17,20,31-43,45-47,49,53-60,62,64H,15-16,18-19,21-30,51H2,1-2H3,(H,52,63)/b4-3+,7-5+,8-6+,11-9+,12-10+,17-13+,20-14+/t31-,32-,34?,35?,36?,37?,38?,39-,40?,41-,42+,43-,45+,46-,47-,49-,50?/m0/s1. The molecule has 17 atom stereocenters. The molecule has 2 saturated heterocycles. The van der Waals surface area contributed by atoms with Crippen LogP contribution in [0.2, 0.25) is 0 Å². The average Bonchev–Trinajstić information content (AvgIpc) is 3.77. The third-order valence-electron chi connectivity index (χ3n) is 12.8. The van der Waals surface area contributed by atoms with Gasteiger partial charge in [0.25, 0.3) is 0 Å². The minimum atomic E-state index is -2.24. The molecule has 68 heavy (non-hydrogen) atoms. The summed E-state index contributed by atoms with van der Waals surface area (Å²) < 4.78 is 23.4. The van der Waals surface area contributed by atoms with Gasteiger partial charge < -0.3 is 81.1 Å². The van der Waals surface area contributed by atoms with Gasteiger partial charge in [0.15, 0.2) is 12.1 Å². The van der Waals surface area contributed by atoms with E-state index in [2.05, 4.69) is 5.32 Å². The van der Waals surface area contributed by atoms with Crippen LogP contribution in [0.4, 0.5) is 0 Å². The summed E-state index contributed by atoms with van der Waals surface area (Å²) in [5, 5.41) is 112. The first-order valence-electron chi connectivity index (χ1n) is 24.1. The Bertz CT molecular complexity index is 1730. The molecule has 0 spiro atoms. The van der Waals surface area contributed by atoms with Crippen LogP contribution in [-0.2, 0) is 28.5 Å². The lowest BCUT2D eigenvalue weighted by Gasteiger charge is -2.46. The van der Waals surface area contributed by atoms with Crippen LogP contribution in [-0.4, -0.2) is 167 Å². The maximum atomic E-state index is 13.9. The van der Waals surface area contributed by atoms with E-state index in [0.29, 0.717) is 0 Å². The van der Waals surface area contributed by atoms with Crippen molar-refractivity contribution >= 4 is 11.9 Å². The van der Waals surface area contributed by atoms with Crippen molar-refractivity contribution in [2.75, 3.05) is 6.61 Å². The van der Waals surface area contributed by atoms with E-state index in [9.17, 15) is 60.7 Å². The lowest BCUT2D eigenvalue weighted by Crippen LogP contribution is -2.60. The number of carbonyl (C=O) groups is 2. The molecule has 4 aliphatic rings. The van der Waals surface area contributed by atoms with E-state index >= 15 is 0 Å². The summed E-state index contributed by atoms with van der Waals surface area (Å²) in [6.45, 7) is 3.24. The van der Waals surface area contributed by atoms with Crippen LogP contribution in [0.25, 0.3) is 0 Å². The van der Waals surface area contributed by atoms with Crippen LogP contribution in [0.3, 0.4) is 0 Å². The molecule has 1 amide bonds. The van der Waals surface area contributed by atoms with Crippen molar-refractivity contribution in [3.8, 4) is 0 Å². The molecule has 3 fully saturated rings. The minimum Gasteiger partial charge on any atom is -0.462 e. The van der Waals surface area contributed by atoms with Crippen LogP contribution in [0.1, 0.15) is 97.3 Å². The zero-order valence-electron chi connectivity index (χ0n) is 39.3. The molecule has 384 valence electrons. The highest BCUT2D eigenvalue weighted by molar-refractivity contribution is 5.80. The first-order chi connectivity index (χ1) is 32.3. The quantitative estimate of drug-likeness (QED) is 0.175. The highest BCUT2D eigenvalue weighted by atomic mass is 16.7. The Hall–Kier alpha value is -3.44. The third kappa shape index (κ3) is 19.8. The van der Waals surface area contributed by atoms with Crippen molar-refractivity contribution in [3.63, 3.8) is 0 Å². The zero-order chi connectivity index (χ0) is 49.8. The number of aliphatic hydroxyl groups excluding tert-OH is 9. The summed E-state index contributed by atoms with van der Waals surface area (Å²) in [5.74, 6) is -4.92. The molecule has 13 N–H and O–H groups in total. The second kappa shape index (κ2) is 29.0. The number of carbonyl (C=O) groups excluding carboxylic acids is 2. The summed E-state index contributed by atoms with van der Waals surface area (Å²) in [5.41, 5.74) is 6.03. The van der Waals surface area contributed by atoms with E-state index in [-0.39, 0.29) is 50.7 Å². The average molecular weight is 963 g/mol. The molecule has 0 aromatic rings. The molecule has 3 heterocycles. The van der Waals surface area contributed by atoms with Crippen molar-refractivity contribution in [1.82, 2.24) is 5.32 Å². The number of fused-ring (bicyclic) bond motifs is 2. The Morgan fingerprint density at radius 1 is 0.676 bits per heavy atom. The topological polar surface area (TPSA) is 311 Å². The van der Waals surface area contributed by atoms with Gasteiger partial charge in [0.05, 0.1) is 86.0 Å². The maximum Gasteiger partial charge on any atom is 0.308 e. The number of aliphatic hydroxyl groups is 10. The van der Waals surface area contributed by atoms with Gasteiger partial charge in [-0.15, -0.1) is 0 Å². The fourth-order valence-corrected chi connectivity index (χ4v) is 8.88. The highest BCUT2D eigenvalue weighted by Crippen LogP contribution is 2.38. The van der Waals surface area contributed by atoms with Gasteiger partial charge in [-0.3, -0.25) is 9.59 Å². The molecule has 18 heteroatoms. The van der Waals surface area contributed by atoms with Gasteiger partial charge in [-0.1, -0.05) is 105 Å². The number of allylic oxidation sites excluding steroid dienone is 12. The monoisotopic (exact) mass is 963 g/mol. The van der Waals surface area contributed by atoms with Gasteiger partial charge in [0, 0.05) is 44.1 Å². The number of esters is 1. The number of hydrogen-bond acceptors (Lipinski definition) is 17. The number of ether oxygens (including phenoxy) is 4. The van der Waals surface area contributed by atoms with Crippen molar-refractivity contribution < 1.29 is 79.6 Å². The summed E-state index contributed by atoms with van der Waals surface area (Å²) in [7, 11) is 0. The summed E-state index contributed by atoms with van der Waals surface area (Å²) in [4.78, 5) is 26.4. The number of amides is 1. The van der Waals surface area contributed by atoms with Crippen molar-refractivity contribution in [1.29, 1.82) is 0 Å². The first kappa shape index (κ1) is 57.1. The smallest absolute Gasteiger partial charge is 0.308 e. The molecule has 3 aliphatic heterocycles. The third-order valence-corrected chi connectivity index (χ3v) is 12.8. The molecule has 0 radical (unpaired) electrons. The number of hydrogen-bond donors (Lipinski definition) is 12. The van der Waals surface area contributed by atoms with Crippen molar-refractivity contribution in [2.24, 2.45) is 17.6 Å². The van der Waals surface area contributed by atoms with E-state index in [4.69, 9.17) is 24.7 Å². The molecular formula is C50H78N2O16. The number of cyclic esters (lactones) is 1. The Morgan fingerprint density at radius 2 is 1.28 bits per heavy atom. The Kier molecular flexibility index (Phi) is 24.4. The molecule has 1 saturated carbocycles. The molecular weight excluding hydrogens is 885 g/mol. The largest absolute Gasteiger partial charge is 0.462 e. The van der Waals surface area contributed by atoms with Gasteiger partial charge in [-0.05, 0) is 39.0 Å². The molecule has 2 bridgehead atoms. The van der Waals surface area contributed by atoms with Crippen LogP contribution in [0.5, 0.6) is 0 Å². The van der Waals surface area contributed by atoms with E-state index in [1.807, 2.05) is 49.5 Å². The van der Waals surface area contributed by atoms with Gasteiger partial charge in [0.2, 0.25) is 5.91 Å². The molecule has 18 nitrogen and oxygen atoms in total. The first-order valence-corrected chi connectivity index (χ1v) is 24.1. The predicted molar refractivity (Wildman–Crippen MR) is 251 cm³/mol. The molecule has 4 rings (SSSR count). The highest BCUT2D eigenvalue weighted by Gasteiger charge is 2.51. The van der Waals surface area contributed by atoms with Crippen molar-refractivity contribution in [2.45, 2.75) is 195 Å². The second-order valence-electron chi connectivity index (χ2n) is 18.8. The van der Waals surface area contributed by atoms with E-state index in [1.165, 1.54) is 0 Å². The van der Waals surface area contributed by atoms with E-state index in [0.717, 1.165) is 25.7 Å². The van der Waals surface area contributed by atoms with Gasteiger partial charge in [-0.2, -0.15) is 0 Å². The van der Waals surface area contributed by atoms with Crippen molar-refractivity contribution in [3.05, 3.63) is 85.1 Å². The second-order valence-corrected chi connectivity index (χ2v) is 18.8. The van der Waals surface area contributed by atoms with Crippen LogP contribution in [0.15, 0.2) is 85.1 Å². The summed E-state index contributed by atoms with van der Waals surface area (Å²) in [6, 6.07) is -1.21. The van der Waals surface area contributed by atoms with E-state index < -0.39 is 135 Å². The van der Waals surface area contributed by atoms with Gasteiger partial charge >= 0.3 is 5.97 Å². The van der Waals surface area contributed by atoms with Gasteiger partial charge in [0.1, 0.15) is 12.2 Å². The summed E-state index contributed by atoms with van der Waals surface area (Å²) >= 11 is 0. The normalized spacial score (nSPS) is 43.2. The molecule has 7 unspecified atom stereocenters. The van der Waals surface area contributed by atoms with E-state index in [1.54, 1.807) is 49.5 Å². The van der Waals surface area contributed by atoms with Crippen LogP contribution < -0.4 is 11.1 Å². The van der Waals surface area contributed by atoms with Crippen LogP contribution >= 0.6 is 0 Å². The SMILES string of the molecule is C[C@H]1C[C@H](O)[C@@H](C)/C=C/C=C/C=C/C=C/C=C/C=C/C=C/C(O[C@@H]2OC[C@@H](O)[C@H](N)[C@@H]2O)C[C@@H]2OC(O)(CC(O)CC(O)C(O)CCC(O)CC(O)CC(=O)O1)C[C@H](O)[C@H]2C(=O)NC1CCCC1. The minimum absolute atomic E-state index is 0.0815. The Morgan fingerprint density at radius 3 is 1.91 bits per heavy atom. The fraction of sp³-hybridized carbons (Fsp3) is 0.680. The zero-order valence-corrected chi connectivity index (χ0v) is 39.3. The lowest BCUT2D eigenvalue weighted by atomic mass is 9.82. The number of nitrogens with two attached hydrogens (primary N) is 1. The maximum absolute atomic E-state index is 13.9. The Labute approximate surface area is 399 Å². The number of rotatable bonds is 4. The number of nitrogens with one attached hydrogen (secondary N) is 1. The molecule has 1 aliphatic carbocycles. The lowest BCUT2D eigenvalue weighted by molar-refractivity contribution is -0.304. The predicted octanol–water partition coefficient (Wildman–Crippen LogP) is 1.05. The van der Waals surface area contributed by atoms with Gasteiger partial charge in [-0.25, -0.2) is 0 Å². The molecule has 0 aromatic heterocycles. The fourth-order valence-electron chi connectivity index (χ4n) is 8.88.